The Bertz CT molecular complexity index is 655. The fraction of sp³-hybridized carbons (Fsp3) is 0.235. The number of carbonyl (C=O) groups excluding carboxylic acids is 1. The summed E-state index contributed by atoms with van der Waals surface area (Å²) in [6, 6.07) is 13.2. The van der Waals surface area contributed by atoms with Crippen LogP contribution < -0.4 is 0 Å². The first-order chi connectivity index (χ1) is 9.95. The summed E-state index contributed by atoms with van der Waals surface area (Å²) < 4.78 is 0. The summed E-state index contributed by atoms with van der Waals surface area (Å²) in [6.07, 6.45) is 0. The van der Waals surface area contributed by atoms with Gasteiger partial charge in [-0.3, -0.25) is 9.69 Å². The zero-order valence-electron chi connectivity index (χ0n) is 12.1. The molecule has 0 aromatic heterocycles. The maximum Gasteiger partial charge on any atom is 0.178 e. The molecule has 0 aliphatic rings. The van der Waals surface area contributed by atoms with Crippen molar-refractivity contribution in [2.24, 2.45) is 0 Å². The van der Waals surface area contributed by atoms with Gasteiger partial charge in [-0.1, -0.05) is 53.0 Å². The third-order valence-corrected chi connectivity index (χ3v) is 3.73. The number of rotatable bonds is 5. The van der Waals surface area contributed by atoms with Crippen LogP contribution in [0.25, 0.3) is 0 Å². The van der Waals surface area contributed by atoms with Gasteiger partial charge in [-0.15, -0.1) is 0 Å². The van der Waals surface area contributed by atoms with Crippen LogP contribution in [-0.2, 0) is 6.54 Å². The van der Waals surface area contributed by atoms with Gasteiger partial charge in [-0.05, 0) is 37.7 Å². The van der Waals surface area contributed by atoms with Crippen LogP contribution in [0.3, 0.4) is 0 Å². The maximum atomic E-state index is 12.3. The van der Waals surface area contributed by atoms with E-state index in [9.17, 15) is 4.79 Å². The van der Waals surface area contributed by atoms with E-state index in [-0.39, 0.29) is 5.78 Å². The van der Waals surface area contributed by atoms with Gasteiger partial charge in [0.2, 0.25) is 0 Å². The van der Waals surface area contributed by atoms with Gasteiger partial charge >= 0.3 is 0 Å². The van der Waals surface area contributed by atoms with Crippen LogP contribution >= 0.6 is 23.2 Å². The van der Waals surface area contributed by atoms with Gasteiger partial charge in [0.25, 0.3) is 0 Å². The van der Waals surface area contributed by atoms with Crippen LogP contribution in [0, 0.1) is 6.92 Å². The highest BCUT2D eigenvalue weighted by Gasteiger charge is 2.13. The Morgan fingerprint density at radius 2 is 1.90 bits per heavy atom. The molecule has 0 N–H and O–H groups in total. The van der Waals surface area contributed by atoms with E-state index in [1.54, 1.807) is 18.2 Å². The number of benzene rings is 2. The Morgan fingerprint density at radius 1 is 1.14 bits per heavy atom. The van der Waals surface area contributed by atoms with Gasteiger partial charge in [0, 0.05) is 17.1 Å². The van der Waals surface area contributed by atoms with E-state index in [2.05, 4.69) is 25.1 Å². The molecule has 110 valence electrons. The second-order valence-electron chi connectivity index (χ2n) is 5.21. The molecule has 2 nitrogen and oxygen atoms in total. The SMILES string of the molecule is Cc1cccc(CN(C)CC(=O)c2ccc(Cl)cc2Cl)c1. The van der Waals surface area contributed by atoms with Crippen LogP contribution in [0.4, 0.5) is 0 Å². The third kappa shape index (κ3) is 4.57. The molecule has 0 radical (unpaired) electrons. The smallest absolute Gasteiger partial charge is 0.178 e. The average molecular weight is 322 g/mol. The standard InChI is InChI=1S/C17H17Cl2NO/c1-12-4-3-5-13(8-12)10-20(2)11-17(21)15-7-6-14(18)9-16(15)19/h3-9H,10-11H2,1-2H3. The summed E-state index contributed by atoms with van der Waals surface area (Å²) >= 11 is 11.9. The number of likely N-dealkylation sites (N-methyl/N-ethyl adjacent to an activating group) is 1. The second-order valence-corrected chi connectivity index (χ2v) is 6.05. The van der Waals surface area contributed by atoms with E-state index in [1.165, 1.54) is 11.1 Å². The molecule has 0 amide bonds. The molecule has 2 aromatic rings. The second kappa shape index (κ2) is 7.08. The molecule has 0 bridgehead atoms. The first kappa shape index (κ1) is 16.0. The van der Waals surface area contributed by atoms with Gasteiger partial charge in [0.1, 0.15) is 0 Å². The number of hydrogen-bond acceptors (Lipinski definition) is 2. The molecule has 0 atom stereocenters. The van der Waals surface area contributed by atoms with Gasteiger partial charge in [-0.25, -0.2) is 0 Å². The lowest BCUT2D eigenvalue weighted by Crippen LogP contribution is -2.25. The van der Waals surface area contributed by atoms with Crippen molar-refractivity contribution in [2.45, 2.75) is 13.5 Å². The van der Waals surface area contributed by atoms with Crippen LogP contribution in [0.2, 0.25) is 10.0 Å². The molecule has 0 heterocycles. The van der Waals surface area contributed by atoms with Crippen molar-refractivity contribution in [3.05, 3.63) is 69.2 Å². The van der Waals surface area contributed by atoms with E-state index < -0.39 is 0 Å². The van der Waals surface area contributed by atoms with Crippen molar-refractivity contribution in [2.75, 3.05) is 13.6 Å². The molecule has 0 saturated carbocycles. The van der Waals surface area contributed by atoms with E-state index in [0.717, 1.165) is 6.54 Å². The Kier molecular flexibility index (Phi) is 5.40. The highest BCUT2D eigenvalue weighted by molar-refractivity contribution is 6.36. The van der Waals surface area contributed by atoms with Crippen molar-refractivity contribution < 1.29 is 4.79 Å². The zero-order chi connectivity index (χ0) is 15.4. The molecule has 0 aliphatic carbocycles. The van der Waals surface area contributed by atoms with E-state index in [1.807, 2.05) is 18.0 Å². The molecular weight excluding hydrogens is 305 g/mol. The van der Waals surface area contributed by atoms with Crippen molar-refractivity contribution in [3.63, 3.8) is 0 Å². The lowest BCUT2D eigenvalue weighted by atomic mass is 10.1. The maximum absolute atomic E-state index is 12.3. The Hall–Kier alpha value is -1.35. The van der Waals surface area contributed by atoms with Crippen molar-refractivity contribution in [1.29, 1.82) is 0 Å². The summed E-state index contributed by atoms with van der Waals surface area (Å²) in [6.45, 7) is 3.09. The Balaban J connectivity index is 2.02. The predicted octanol–water partition coefficient (Wildman–Crippen LogP) is 4.62. The quantitative estimate of drug-likeness (QED) is 0.749. The molecule has 2 aromatic carbocycles. The lowest BCUT2D eigenvalue weighted by molar-refractivity contribution is 0.0943. The number of Topliss-reactive ketones (excluding diaryl/α,β-unsaturated/α-hetero) is 1. The number of nitrogens with zero attached hydrogens (tertiary/aromatic N) is 1. The minimum atomic E-state index is -0.00757. The van der Waals surface area contributed by atoms with Gasteiger partial charge < -0.3 is 0 Å². The monoisotopic (exact) mass is 321 g/mol. The number of ketones is 1. The number of carbonyl (C=O) groups is 1. The highest BCUT2D eigenvalue weighted by Crippen LogP contribution is 2.21. The number of hydrogen-bond donors (Lipinski definition) is 0. The van der Waals surface area contributed by atoms with E-state index >= 15 is 0 Å². The first-order valence-corrected chi connectivity index (χ1v) is 7.43. The van der Waals surface area contributed by atoms with Crippen LogP contribution in [0.1, 0.15) is 21.5 Å². The molecule has 2 rings (SSSR count). The van der Waals surface area contributed by atoms with Gasteiger partial charge in [-0.2, -0.15) is 0 Å². The van der Waals surface area contributed by atoms with E-state index in [4.69, 9.17) is 23.2 Å². The largest absolute Gasteiger partial charge is 0.295 e. The fourth-order valence-electron chi connectivity index (χ4n) is 2.22. The molecule has 0 aliphatic heterocycles. The highest BCUT2D eigenvalue weighted by atomic mass is 35.5. The Morgan fingerprint density at radius 3 is 2.57 bits per heavy atom. The summed E-state index contributed by atoms with van der Waals surface area (Å²) in [5, 5.41) is 0.932. The zero-order valence-corrected chi connectivity index (χ0v) is 13.6. The third-order valence-electron chi connectivity index (χ3n) is 3.18. The molecule has 21 heavy (non-hydrogen) atoms. The first-order valence-electron chi connectivity index (χ1n) is 6.68. The molecule has 0 saturated heterocycles. The molecule has 0 fully saturated rings. The Labute approximate surface area is 135 Å². The van der Waals surface area contributed by atoms with Crippen LogP contribution in [0.5, 0.6) is 0 Å². The molecule has 0 spiro atoms. The molecule has 4 heteroatoms. The fourth-order valence-corrected chi connectivity index (χ4v) is 2.74. The molecule has 0 unspecified atom stereocenters. The van der Waals surface area contributed by atoms with Crippen LogP contribution in [-0.4, -0.2) is 24.3 Å². The van der Waals surface area contributed by atoms with Crippen molar-refractivity contribution in [1.82, 2.24) is 4.90 Å². The molecular formula is C17H17Cl2NO. The van der Waals surface area contributed by atoms with Crippen molar-refractivity contribution in [3.8, 4) is 0 Å². The average Bonchev–Trinajstić information content (AvgIpc) is 2.38. The summed E-state index contributed by atoms with van der Waals surface area (Å²) in [4.78, 5) is 14.2. The van der Waals surface area contributed by atoms with E-state index in [0.29, 0.717) is 22.2 Å². The lowest BCUT2D eigenvalue weighted by Gasteiger charge is -2.16. The predicted molar refractivity (Wildman–Crippen MR) is 88.3 cm³/mol. The number of halogens is 2. The summed E-state index contributed by atoms with van der Waals surface area (Å²) in [7, 11) is 1.92. The topological polar surface area (TPSA) is 20.3 Å². The normalized spacial score (nSPS) is 10.9. The van der Waals surface area contributed by atoms with Gasteiger partial charge in [0.05, 0.1) is 11.6 Å². The minimum Gasteiger partial charge on any atom is -0.295 e. The minimum absolute atomic E-state index is 0.00757. The summed E-state index contributed by atoms with van der Waals surface area (Å²) in [5.41, 5.74) is 2.91. The number of aryl methyl sites for hydroxylation is 1. The summed E-state index contributed by atoms with van der Waals surface area (Å²) in [5.74, 6) is -0.00757. The van der Waals surface area contributed by atoms with Crippen LogP contribution in [0.15, 0.2) is 42.5 Å². The van der Waals surface area contributed by atoms with Gasteiger partial charge in [0.15, 0.2) is 5.78 Å². The van der Waals surface area contributed by atoms with Crippen molar-refractivity contribution >= 4 is 29.0 Å².